The summed E-state index contributed by atoms with van der Waals surface area (Å²) in [6, 6.07) is 0. The summed E-state index contributed by atoms with van der Waals surface area (Å²) in [5.74, 6) is 0. The summed E-state index contributed by atoms with van der Waals surface area (Å²) >= 11 is 0. The van der Waals surface area contributed by atoms with E-state index in [2.05, 4.69) is 0 Å². The Kier molecular flexibility index (Phi) is 17.3. The molecule has 0 saturated carbocycles. The summed E-state index contributed by atoms with van der Waals surface area (Å²) in [5, 5.41) is 0. The molecule has 0 amide bonds. The molecule has 0 aromatic carbocycles. The quantitative estimate of drug-likeness (QED) is 0.245. The Hall–Kier alpha value is 1.34. The van der Waals surface area contributed by atoms with Gasteiger partial charge in [0.05, 0.1) is 0 Å². The van der Waals surface area contributed by atoms with Crippen molar-refractivity contribution in [1.82, 2.24) is 6.15 Å². The summed E-state index contributed by atoms with van der Waals surface area (Å²) in [7, 11) is -9.33. The minimum atomic E-state index is -4.67. The Balaban J connectivity index is -0.0000000457. The zero-order valence-corrected chi connectivity index (χ0v) is 6.58. The molecule has 7 N–H and O–H groups in total. The first kappa shape index (κ1) is 23.3. The van der Waals surface area contributed by atoms with Crippen molar-refractivity contribution in [3.63, 3.8) is 0 Å². The van der Waals surface area contributed by atoms with E-state index < -0.39 is 20.8 Å². The summed E-state index contributed by atoms with van der Waals surface area (Å²) in [4.78, 5) is 0. The van der Waals surface area contributed by atoms with Crippen LogP contribution in [0.5, 0.6) is 0 Å². The van der Waals surface area contributed by atoms with E-state index in [9.17, 15) is 0 Å². The van der Waals surface area contributed by atoms with Crippen molar-refractivity contribution in [3.8, 4) is 0 Å². The molecule has 0 aliphatic carbocycles. The predicted molar refractivity (Wildman–Crippen MR) is 40.5 cm³/mol. The third kappa shape index (κ3) is 678. The van der Waals surface area contributed by atoms with Crippen LogP contribution in [0.1, 0.15) is 0 Å². The van der Waals surface area contributed by atoms with E-state index in [0.717, 1.165) is 0 Å². The molecule has 0 spiro atoms. The van der Waals surface area contributed by atoms with Crippen molar-refractivity contribution in [2.24, 2.45) is 0 Å². The minimum absolute atomic E-state index is 0. The van der Waals surface area contributed by atoms with Crippen molar-refractivity contribution in [1.29, 1.82) is 0 Å². The Morgan fingerprint density at radius 1 is 0.667 bits per heavy atom. The molecule has 0 heterocycles. The van der Waals surface area contributed by atoms with E-state index in [1.807, 2.05) is 0 Å². The molecule has 74 valence electrons. The molecule has 12 heavy (non-hydrogen) atoms. The van der Waals surface area contributed by atoms with Crippen molar-refractivity contribution in [2.75, 3.05) is 0 Å². The topological polar surface area (TPSA) is 184 Å². The monoisotopic (exact) mass is 253 g/mol. The standard InChI is InChI=1S/K.H3N.2H2O4S.H/c;;2*1-5(2,3)4;/h;1H3;2*(H2,1,2,3,4);. The second-order valence-corrected chi connectivity index (χ2v) is 2.69. The van der Waals surface area contributed by atoms with E-state index in [4.69, 9.17) is 35.0 Å². The van der Waals surface area contributed by atoms with E-state index in [-0.39, 0.29) is 57.5 Å². The van der Waals surface area contributed by atoms with Crippen LogP contribution in [0.15, 0.2) is 0 Å². The fourth-order valence-corrected chi connectivity index (χ4v) is 0. The molecular weight excluding hydrogens is 245 g/mol. The van der Waals surface area contributed by atoms with Gasteiger partial charge in [-0.25, -0.2) is 0 Å². The molecule has 0 aromatic heterocycles. The summed E-state index contributed by atoms with van der Waals surface area (Å²) < 4.78 is 63.2. The van der Waals surface area contributed by atoms with E-state index in [0.29, 0.717) is 0 Å². The van der Waals surface area contributed by atoms with Gasteiger partial charge in [0, 0.05) is 0 Å². The van der Waals surface area contributed by atoms with Crippen molar-refractivity contribution in [2.45, 2.75) is 0 Å². The van der Waals surface area contributed by atoms with Gasteiger partial charge in [0.25, 0.3) is 0 Å². The summed E-state index contributed by atoms with van der Waals surface area (Å²) in [5.41, 5.74) is 0. The van der Waals surface area contributed by atoms with Crippen LogP contribution in [0.2, 0.25) is 0 Å². The molecule has 0 atom stereocenters. The number of rotatable bonds is 0. The third-order valence-electron chi connectivity index (χ3n) is 0. The van der Waals surface area contributed by atoms with Crippen LogP contribution in [-0.2, 0) is 20.8 Å². The third-order valence-corrected chi connectivity index (χ3v) is 0. The van der Waals surface area contributed by atoms with Gasteiger partial charge in [-0.1, -0.05) is 0 Å². The van der Waals surface area contributed by atoms with Gasteiger partial charge in [0.15, 0.2) is 0 Å². The fourth-order valence-electron chi connectivity index (χ4n) is 0. The van der Waals surface area contributed by atoms with Crippen molar-refractivity contribution >= 4 is 72.2 Å². The summed E-state index contributed by atoms with van der Waals surface area (Å²) in [6.45, 7) is 0. The molecule has 12 heteroatoms. The second kappa shape index (κ2) is 8.91. The van der Waals surface area contributed by atoms with Crippen LogP contribution in [0.4, 0.5) is 0 Å². The SMILES string of the molecule is N.O=S(=O)(O)O.O=S(=O)(O)O.[KH]. The molecule has 0 saturated heterocycles. The van der Waals surface area contributed by atoms with Gasteiger partial charge < -0.3 is 6.15 Å². The molecular formula is H8KNO8S2. The summed E-state index contributed by atoms with van der Waals surface area (Å²) in [6.07, 6.45) is 0. The first-order chi connectivity index (χ1) is 4.00. The first-order valence-electron chi connectivity index (χ1n) is 1.40. The Morgan fingerprint density at radius 2 is 0.667 bits per heavy atom. The zero-order valence-electron chi connectivity index (χ0n) is 4.95. The van der Waals surface area contributed by atoms with Crippen LogP contribution in [0, 0.1) is 0 Å². The van der Waals surface area contributed by atoms with Crippen LogP contribution >= 0.6 is 0 Å². The zero-order chi connectivity index (χ0) is 9.00. The first-order valence-corrected chi connectivity index (χ1v) is 4.19. The molecule has 9 nitrogen and oxygen atoms in total. The van der Waals surface area contributed by atoms with Crippen molar-refractivity contribution in [3.05, 3.63) is 0 Å². The molecule has 0 unspecified atom stereocenters. The molecule has 0 fully saturated rings. The fraction of sp³-hybridized carbons (Fsp3) is 0. The van der Waals surface area contributed by atoms with E-state index >= 15 is 0 Å². The second-order valence-electron chi connectivity index (χ2n) is 0.896. The molecule has 0 aliphatic heterocycles. The number of hydrogen-bond acceptors (Lipinski definition) is 5. The van der Waals surface area contributed by atoms with E-state index in [1.54, 1.807) is 0 Å². The van der Waals surface area contributed by atoms with Gasteiger partial charge in [-0.3, -0.25) is 18.2 Å². The predicted octanol–water partition coefficient (Wildman–Crippen LogP) is -1.79. The Bertz CT molecular complexity index is 213. The van der Waals surface area contributed by atoms with Crippen LogP contribution in [0.25, 0.3) is 0 Å². The van der Waals surface area contributed by atoms with Gasteiger partial charge in [-0.2, -0.15) is 16.8 Å². The van der Waals surface area contributed by atoms with Gasteiger partial charge in [0.2, 0.25) is 0 Å². The maximum absolute atomic E-state index is 8.74. The average molecular weight is 253 g/mol. The Labute approximate surface area is 112 Å². The molecule has 0 bridgehead atoms. The van der Waals surface area contributed by atoms with Gasteiger partial charge >= 0.3 is 72.2 Å². The van der Waals surface area contributed by atoms with Crippen LogP contribution < -0.4 is 6.15 Å². The maximum atomic E-state index is 8.74. The van der Waals surface area contributed by atoms with Crippen molar-refractivity contribution < 1.29 is 35.0 Å². The average Bonchev–Trinajstić information content (AvgIpc) is 1.12. The molecule has 0 aromatic rings. The Morgan fingerprint density at radius 3 is 0.667 bits per heavy atom. The molecule has 0 aliphatic rings. The van der Waals surface area contributed by atoms with Crippen LogP contribution in [0.3, 0.4) is 0 Å². The molecule has 0 rings (SSSR count). The van der Waals surface area contributed by atoms with Crippen LogP contribution in [-0.4, -0.2) is 86.4 Å². The number of hydrogen-bond donors (Lipinski definition) is 5. The van der Waals surface area contributed by atoms with Gasteiger partial charge in [-0.15, -0.1) is 0 Å². The normalized spacial score (nSPS) is 9.67. The van der Waals surface area contributed by atoms with Gasteiger partial charge in [0.1, 0.15) is 0 Å². The molecule has 0 radical (unpaired) electrons. The van der Waals surface area contributed by atoms with E-state index in [1.165, 1.54) is 0 Å². The van der Waals surface area contributed by atoms with Gasteiger partial charge in [-0.05, 0) is 0 Å².